The van der Waals surface area contributed by atoms with Crippen molar-refractivity contribution in [3.05, 3.63) is 12.2 Å². The predicted molar refractivity (Wildman–Crippen MR) is 262 cm³/mol. The number of allylic oxidation sites excluding steroid dienone is 2. The molecule has 0 spiro atoms. The summed E-state index contributed by atoms with van der Waals surface area (Å²) in [4.78, 5) is 127. The van der Waals surface area contributed by atoms with E-state index >= 15 is 0 Å². The first-order valence-corrected chi connectivity index (χ1v) is 24.2. The summed E-state index contributed by atoms with van der Waals surface area (Å²) in [7, 11) is 7.41. The van der Waals surface area contributed by atoms with E-state index in [2.05, 4.69) is 39.6 Å². The van der Waals surface area contributed by atoms with E-state index in [1.807, 2.05) is 54.5 Å². The van der Waals surface area contributed by atoms with Crippen molar-refractivity contribution in [1.82, 2.24) is 46.2 Å². The Morgan fingerprint density at radius 3 is 1.58 bits per heavy atom. The second-order valence-electron chi connectivity index (χ2n) is 19.5. The van der Waals surface area contributed by atoms with Crippen LogP contribution in [-0.4, -0.2) is 157 Å². The van der Waals surface area contributed by atoms with Gasteiger partial charge in [0.15, 0.2) is 0 Å². The SMILES string of the molecule is C/C=C/C[C@@H](C)CCC(=O)N[C@@H](CC)C(=O)N(C)CC(=O)N(C)[C@H](C(=O)N[C@H](C(=O)N(C)[C@@H](CC(C)C)C(=O)N[C@@H](C)C(=O)N[C@H](C)C(=O)N(C)[C@@H](CC(C)C)C(=O)NC)C(C)C)C(C)CC. The minimum absolute atomic E-state index is 0.0696. The Morgan fingerprint density at radius 1 is 0.582 bits per heavy atom. The molecule has 0 aliphatic rings. The van der Waals surface area contributed by atoms with Gasteiger partial charge in [0, 0.05) is 41.7 Å². The molecule has 0 radical (unpaired) electrons. The number of carbonyl (C=O) groups excluding carboxylic acids is 9. The van der Waals surface area contributed by atoms with Gasteiger partial charge in [0.05, 0.1) is 6.54 Å². The molecule has 0 saturated carbocycles. The van der Waals surface area contributed by atoms with Crippen LogP contribution < -0.4 is 26.6 Å². The van der Waals surface area contributed by atoms with Crippen molar-refractivity contribution in [3.8, 4) is 0 Å². The van der Waals surface area contributed by atoms with Crippen LogP contribution in [0.2, 0.25) is 0 Å². The molecule has 0 aromatic heterocycles. The van der Waals surface area contributed by atoms with E-state index in [0.717, 1.165) is 6.42 Å². The maximum Gasteiger partial charge on any atom is 0.245 e. The topological polar surface area (TPSA) is 227 Å². The zero-order chi connectivity index (χ0) is 52.0. The standard InChI is InChI=1S/C49H89N9O9/c1-19-22-23-32(10)24-25-39(59)53-36(21-3)48(66)55(15)28-40(60)58(18)42(33(11)20-2)46(64)54-41(31(8)9)49(67)57(17)38(27-30(6)7)45(63)51-34(12)43(61)52-35(13)47(65)56(16)37(26-29(4)5)44(62)50-14/h19,22,29-38,41-42H,20-21,23-28H2,1-18H3,(H,50,62)(H,51,63)(H,52,61)(H,53,59)(H,54,64)/b22-19+/t32-,33?,34+,35-,36+,37+,38+,41+,42+/m1/s1. The van der Waals surface area contributed by atoms with Gasteiger partial charge >= 0.3 is 0 Å². The highest BCUT2D eigenvalue weighted by Gasteiger charge is 2.39. The number of hydrogen-bond donors (Lipinski definition) is 5. The van der Waals surface area contributed by atoms with Crippen LogP contribution in [-0.2, 0) is 43.2 Å². The molecule has 0 saturated heterocycles. The number of rotatable bonds is 29. The molecule has 5 N–H and O–H groups in total. The highest BCUT2D eigenvalue weighted by atomic mass is 16.2. The summed E-state index contributed by atoms with van der Waals surface area (Å²) in [6, 6.07) is -6.91. The summed E-state index contributed by atoms with van der Waals surface area (Å²) in [5, 5.41) is 13.6. The van der Waals surface area contributed by atoms with Gasteiger partial charge < -0.3 is 46.2 Å². The molecule has 9 atom stereocenters. The van der Waals surface area contributed by atoms with Crippen LogP contribution in [0, 0.1) is 29.6 Å². The van der Waals surface area contributed by atoms with Crippen molar-refractivity contribution in [2.45, 2.75) is 177 Å². The van der Waals surface area contributed by atoms with E-state index < -0.39 is 89.6 Å². The van der Waals surface area contributed by atoms with Crippen LogP contribution in [0.5, 0.6) is 0 Å². The quantitative estimate of drug-likeness (QED) is 0.0693. The van der Waals surface area contributed by atoms with E-state index in [-0.39, 0.29) is 49.0 Å². The first-order chi connectivity index (χ1) is 31.1. The fraction of sp³-hybridized carbons (Fsp3) is 0.776. The number of nitrogens with one attached hydrogen (secondary N) is 5. The highest BCUT2D eigenvalue weighted by Crippen LogP contribution is 2.19. The summed E-state index contributed by atoms with van der Waals surface area (Å²) in [5.41, 5.74) is 0. The van der Waals surface area contributed by atoms with Crippen molar-refractivity contribution in [1.29, 1.82) is 0 Å². The van der Waals surface area contributed by atoms with Gasteiger partial charge in [0.25, 0.3) is 0 Å². The summed E-state index contributed by atoms with van der Waals surface area (Å²) >= 11 is 0. The van der Waals surface area contributed by atoms with Crippen LogP contribution in [0.1, 0.15) is 135 Å². The van der Waals surface area contributed by atoms with Gasteiger partial charge in [-0.25, -0.2) is 0 Å². The Morgan fingerprint density at radius 2 is 1.10 bits per heavy atom. The zero-order valence-electron chi connectivity index (χ0n) is 44.2. The fourth-order valence-electron chi connectivity index (χ4n) is 7.62. The average Bonchev–Trinajstić information content (AvgIpc) is 3.27. The molecule has 0 fully saturated rings. The van der Waals surface area contributed by atoms with Crippen LogP contribution in [0.15, 0.2) is 12.2 Å². The molecule has 0 rings (SSSR count). The monoisotopic (exact) mass is 948 g/mol. The molecule has 0 bridgehead atoms. The van der Waals surface area contributed by atoms with E-state index in [0.29, 0.717) is 31.6 Å². The third-order valence-corrected chi connectivity index (χ3v) is 12.3. The van der Waals surface area contributed by atoms with Crippen molar-refractivity contribution in [2.24, 2.45) is 29.6 Å². The number of amides is 9. The lowest BCUT2D eigenvalue weighted by Gasteiger charge is -2.36. The third kappa shape index (κ3) is 20.4. The van der Waals surface area contributed by atoms with Crippen LogP contribution in [0.3, 0.4) is 0 Å². The Bertz CT molecular complexity index is 1690. The lowest BCUT2D eigenvalue weighted by atomic mass is 9.94. The summed E-state index contributed by atoms with van der Waals surface area (Å²) in [6.07, 6.45) is 7.26. The molecular formula is C49H89N9O9. The molecule has 1 unspecified atom stereocenters. The van der Waals surface area contributed by atoms with Crippen LogP contribution >= 0.6 is 0 Å². The lowest BCUT2D eigenvalue weighted by Crippen LogP contribution is -2.61. The van der Waals surface area contributed by atoms with E-state index in [9.17, 15) is 43.2 Å². The number of likely N-dealkylation sites (N-methyl/N-ethyl adjacent to an activating group) is 5. The Kier molecular flexibility index (Phi) is 28.1. The first kappa shape index (κ1) is 62.0. The van der Waals surface area contributed by atoms with Gasteiger partial charge in [-0.2, -0.15) is 0 Å². The lowest BCUT2D eigenvalue weighted by molar-refractivity contribution is -0.147. The van der Waals surface area contributed by atoms with Crippen LogP contribution in [0.4, 0.5) is 0 Å². The predicted octanol–water partition coefficient (Wildman–Crippen LogP) is 3.24. The molecule has 0 aliphatic heterocycles. The van der Waals surface area contributed by atoms with Crippen molar-refractivity contribution in [3.63, 3.8) is 0 Å². The maximum absolute atomic E-state index is 14.3. The van der Waals surface area contributed by atoms with Gasteiger partial charge in [0.2, 0.25) is 53.2 Å². The molecule has 0 heterocycles. The largest absolute Gasteiger partial charge is 0.357 e. The number of carbonyl (C=O) groups is 9. The molecule has 18 nitrogen and oxygen atoms in total. The summed E-state index contributed by atoms with van der Waals surface area (Å²) in [5.74, 6) is -4.88. The highest BCUT2D eigenvalue weighted by molar-refractivity contribution is 5.97. The van der Waals surface area contributed by atoms with Gasteiger partial charge in [-0.15, -0.1) is 0 Å². The summed E-state index contributed by atoms with van der Waals surface area (Å²) < 4.78 is 0. The van der Waals surface area contributed by atoms with Crippen molar-refractivity contribution >= 4 is 53.2 Å². The molecule has 9 amide bonds. The molecular weight excluding hydrogens is 859 g/mol. The molecule has 18 heteroatoms. The number of hydrogen-bond acceptors (Lipinski definition) is 9. The maximum atomic E-state index is 14.3. The Labute approximate surface area is 402 Å². The molecule has 0 aromatic rings. The normalized spacial score (nSPS) is 15.5. The molecule has 384 valence electrons. The Hall–Kier alpha value is -5.03. The van der Waals surface area contributed by atoms with Crippen molar-refractivity contribution in [2.75, 3.05) is 41.8 Å². The van der Waals surface area contributed by atoms with Gasteiger partial charge in [-0.05, 0) is 82.5 Å². The van der Waals surface area contributed by atoms with E-state index in [1.54, 1.807) is 20.8 Å². The van der Waals surface area contributed by atoms with E-state index in [4.69, 9.17) is 0 Å². The minimum atomic E-state index is -1.12. The van der Waals surface area contributed by atoms with Gasteiger partial charge in [-0.1, -0.05) is 87.8 Å². The zero-order valence-corrected chi connectivity index (χ0v) is 44.2. The van der Waals surface area contributed by atoms with Crippen LogP contribution in [0.25, 0.3) is 0 Å². The summed E-state index contributed by atoms with van der Waals surface area (Å²) in [6.45, 7) is 23.2. The molecule has 67 heavy (non-hydrogen) atoms. The van der Waals surface area contributed by atoms with Crippen molar-refractivity contribution < 1.29 is 43.2 Å². The first-order valence-electron chi connectivity index (χ1n) is 24.2. The third-order valence-electron chi connectivity index (χ3n) is 12.3. The second-order valence-corrected chi connectivity index (χ2v) is 19.5. The van der Waals surface area contributed by atoms with E-state index in [1.165, 1.54) is 68.7 Å². The van der Waals surface area contributed by atoms with Gasteiger partial charge in [-0.3, -0.25) is 43.2 Å². The Balaban J connectivity index is 6.12. The smallest absolute Gasteiger partial charge is 0.245 e. The minimum Gasteiger partial charge on any atom is -0.357 e. The number of nitrogens with zero attached hydrogens (tertiary/aromatic N) is 4. The molecule has 0 aliphatic carbocycles. The second kappa shape index (κ2) is 30.4. The average molecular weight is 948 g/mol. The van der Waals surface area contributed by atoms with Gasteiger partial charge in [0.1, 0.15) is 42.3 Å². The fourth-order valence-corrected chi connectivity index (χ4v) is 7.62. The molecule has 0 aromatic carbocycles.